The number of hydrogen-bond acceptors (Lipinski definition) is 6. The molecule has 0 bridgehead atoms. The molecule has 4 rings (SSSR count). The van der Waals surface area contributed by atoms with Gasteiger partial charge in [-0.3, -0.25) is 14.5 Å². The summed E-state index contributed by atoms with van der Waals surface area (Å²) in [5.41, 5.74) is 2.09. The number of fused-ring (bicyclic) bond motifs is 1. The Kier molecular flexibility index (Phi) is 5.44. The molecule has 0 aliphatic carbocycles. The minimum atomic E-state index is -0.188. The average Bonchev–Trinajstić information content (AvgIpc) is 3.11. The van der Waals surface area contributed by atoms with Gasteiger partial charge in [-0.25, -0.2) is 4.98 Å². The molecule has 1 saturated heterocycles. The highest BCUT2D eigenvalue weighted by molar-refractivity contribution is 5.93. The molecule has 30 heavy (non-hydrogen) atoms. The van der Waals surface area contributed by atoms with E-state index >= 15 is 0 Å². The lowest BCUT2D eigenvalue weighted by Crippen LogP contribution is -2.49. The molecule has 0 radical (unpaired) electrons. The lowest BCUT2D eigenvalue weighted by Gasteiger charge is -2.37. The van der Waals surface area contributed by atoms with E-state index < -0.39 is 0 Å². The molecular weight excluding hydrogens is 382 g/mol. The number of aromatic nitrogens is 2. The molecule has 1 amide bonds. The number of amides is 1. The summed E-state index contributed by atoms with van der Waals surface area (Å²) in [6.07, 6.45) is 3.40. The first-order valence-corrected chi connectivity index (χ1v) is 10.1. The van der Waals surface area contributed by atoms with Crippen molar-refractivity contribution in [1.29, 1.82) is 0 Å². The van der Waals surface area contributed by atoms with Crippen molar-refractivity contribution in [2.75, 3.05) is 32.0 Å². The first kappa shape index (κ1) is 20.3. The number of nitrogens with zero attached hydrogens (tertiary/aromatic N) is 4. The fourth-order valence-corrected chi connectivity index (χ4v) is 4.04. The van der Waals surface area contributed by atoms with Crippen molar-refractivity contribution in [3.05, 3.63) is 46.7 Å². The van der Waals surface area contributed by atoms with Crippen LogP contribution in [0.3, 0.4) is 0 Å². The highest BCUT2D eigenvalue weighted by atomic mass is 16.3. The molecular formula is C22H27N5O3. The number of aryl methyl sites for hydroxylation is 1. The van der Waals surface area contributed by atoms with Crippen LogP contribution < -0.4 is 10.9 Å². The molecule has 1 aliphatic rings. The minimum Gasteiger partial charge on any atom is -0.459 e. The third-order valence-corrected chi connectivity index (χ3v) is 5.60. The van der Waals surface area contributed by atoms with Crippen molar-refractivity contribution in [2.45, 2.75) is 26.4 Å². The van der Waals surface area contributed by atoms with Gasteiger partial charge in [-0.2, -0.15) is 0 Å². The largest absolute Gasteiger partial charge is 0.459 e. The maximum absolute atomic E-state index is 12.8. The van der Waals surface area contributed by atoms with Crippen molar-refractivity contribution < 1.29 is 9.21 Å². The maximum atomic E-state index is 12.8. The Morgan fingerprint density at radius 3 is 2.83 bits per heavy atom. The van der Waals surface area contributed by atoms with E-state index in [1.807, 2.05) is 12.1 Å². The molecule has 1 fully saturated rings. The van der Waals surface area contributed by atoms with Crippen molar-refractivity contribution >= 4 is 22.7 Å². The number of anilines is 1. The molecule has 0 saturated carbocycles. The predicted octanol–water partition coefficient (Wildman–Crippen LogP) is 2.29. The number of nitrogens with one attached hydrogen (secondary N) is 1. The molecule has 8 heteroatoms. The van der Waals surface area contributed by atoms with Gasteiger partial charge < -0.3 is 19.2 Å². The molecule has 3 aromatic heterocycles. The van der Waals surface area contributed by atoms with Gasteiger partial charge in [-0.1, -0.05) is 0 Å². The average molecular weight is 409 g/mol. The van der Waals surface area contributed by atoms with Gasteiger partial charge >= 0.3 is 0 Å². The molecule has 0 unspecified atom stereocenters. The van der Waals surface area contributed by atoms with Crippen LogP contribution in [0.4, 0.5) is 5.82 Å². The van der Waals surface area contributed by atoms with Gasteiger partial charge in [0, 0.05) is 57.6 Å². The van der Waals surface area contributed by atoms with Crippen LogP contribution in [-0.4, -0.2) is 58.0 Å². The number of hydrogen-bond donors (Lipinski definition) is 1. The maximum Gasteiger partial charge on any atom is 0.261 e. The molecule has 0 spiro atoms. The third-order valence-electron chi connectivity index (χ3n) is 5.60. The number of rotatable bonds is 4. The van der Waals surface area contributed by atoms with E-state index in [2.05, 4.69) is 34.1 Å². The summed E-state index contributed by atoms with van der Waals surface area (Å²) in [6, 6.07) is 5.91. The van der Waals surface area contributed by atoms with Crippen LogP contribution in [0, 0.1) is 0 Å². The van der Waals surface area contributed by atoms with E-state index in [0.717, 1.165) is 36.5 Å². The quantitative estimate of drug-likeness (QED) is 0.712. The summed E-state index contributed by atoms with van der Waals surface area (Å²) >= 11 is 0. The van der Waals surface area contributed by atoms with Crippen LogP contribution in [0.5, 0.6) is 0 Å². The summed E-state index contributed by atoms with van der Waals surface area (Å²) in [4.78, 5) is 33.0. The van der Waals surface area contributed by atoms with Gasteiger partial charge in [-0.05, 0) is 37.7 Å². The van der Waals surface area contributed by atoms with Gasteiger partial charge in [0.2, 0.25) is 5.91 Å². The molecule has 8 nitrogen and oxygen atoms in total. The smallest absolute Gasteiger partial charge is 0.261 e. The zero-order valence-corrected chi connectivity index (χ0v) is 17.8. The Labute approximate surface area is 175 Å². The summed E-state index contributed by atoms with van der Waals surface area (Å²) in [6.45, 7) is 7.31. The molecule has 1 N–H and O–H groups in total. The normalized spacial score (nSPS) is 18.1. The van der Waals surface area contributed by atoms with E-state index in [1.54, 1.807) is 30.1 Å². The van der Waals surface area contributed by atoms with Crippen LogP contribution in [0.2, 0.25) is 0 Å². The van der Waals surface area contributed by atoms with Gasteiger partial charge in [0.15, 0.2) is 0 Å². The van der Waals surface area contributed by atoms with Gasteiger partial charge in [0.25, 0.3) is 5.56 Å². The highest BCUT2D eigenvalue weighted by Crippen LogP contribution is 2.30. The van der Waals surface area contributed by atoms with E-state index in [1.165, 1.54) is 6.92 Å². The minimum absolute atomic E-state index is 0.0914. The Morgan fingerprint density at radius 2 is 2.10 bits per heavy atom. The van der Waals surface area contributed by atoms with Gasteiger partial charge in [-0.15, -0.1) is 0 Å². The lowest BCUT2D eigenvalue weighted by atomic mass is 10.1. The third kappa shape index (κ3) is 4.01. The van der Waals surface area contributed by atoms with Crippen LogP contribution in [-0.2, 0) is 18.4 Å². The second kappa shape index (κ2) is 8.04. The fraction of sp³-hybridized carbons (Fsp3) is 0.409. The number of pyridine rings is 2. The first-order chi connectivity index (χ1) is 14.3. The summed E-state index contributed by atoms with van der Waals surface area (Å²) in [5, 5.41) is 3.26. The predicted molar refractivity (Wildman–Crippen MR) is 116 cm³/mol. The lowest BCUT2D eigenvalue weighted by molar-refractivity contribution is -0.114. The second-order valence-electron chi connectivity index (χ2n) is 8.11. The van der Waals surface area contributed by atoms with E-state index in [-0.39, 0.29) is 11.5 Å². The topological polar surface area (TPSA) is 83.6 Å². The zero-order chi connectivity index (χ0) is 21.4. The van der Waals surface area contributed by atoms with Crippen LogP contribution in [0.25, 0.3) is 22.1 Å². The van der Waals surface area contributed by atoms with Crippen molar-refractivity contribution in [3.8, 4) is 11.1 Å². The van der Waals surface area contributed by atoms with E-state index in [4.69, 9.17) is 4.42 Å². The fourth-order valence-electron chi connectivity index (χ4n) is 4.04. The first-order valence-electron chi connectivity index (χ1n) is 10.1. The Hall–Kier alpha value is -2.97. The number of likely N-dealkylation sites (N-methyl/N-ethyl adjacent to an activating group) is 1. The molecule has 158 valence electrons. The van der Waals surface area contributed by atoms with E-state index in [9.17, 15) is 9.59 Å². The summed E-state index contributed by atoms with van der Waals surface area (Å²) in [5.74, 6) is 1.05. The molecule has 4 heterocycles. The van der Waals surface area contributed by atoms with Crippen LogP contribution in [0.1, 0.15) is 19.6 Å². The van der Waals surface area contributed by atoms with Gasteiger partial charge in [0.05, 0.1) is 11.9 Å². The Balaban J connectivity index is 1.74. The summed E-state index contributed by atoms with van der Waals surface area (Å²) < 4.78 is 7.78. The van der Waals surface area contributed by atoms with Gasteiger partial charge in [0.1, 0.15) is 17.2 Å². The van der Waals surface area contributed by atoms with Crippen molar-refractivity contribution in [3.63, 3.8) is 0 Å². The van der Waals surface area contributed by atoms with Crippen LogP contribution >= 0.6 is 0 Å². The molecule has 1 atom stereocenters. The SMILES string of the molecule is CC(=O)Nc1cc(-c2cn(C)c(=O)c3cc(CN4CCN(C)C[C@H]4C)oc23)ccn1. The molecule has 1 aliphatic heterocycles. The number of carbonyl (C=O) groups excluding carboxylic acids is 1. The highest BCUT2D eigenvalue weighted by Gasteiger charge is 2.23. The Bertz CT molecular complexity index is 1150. The van der Waals surface area contributed by atoms with Crippen molar-refractivity contribution in [1.82, 2.24) is 19.4 Å². The standard InChI is InChI=1S/C22H27N5O3/c1-14-11-25(3)7-8-27(14)12-17-10-18-21(30-17)19(13-26(4)22(18)29)16-5-6-23-20(9-16)24-15(2)28/h5-6,9-10,13-14H,7-8,11-12H2,1-4H3,(H,23,24,28)/t14-/m1/s1. The zero-order valence-electron chi connectivity index (χ0n) is 17.8. The monoisotopic (exact) mass is 409 g/mol. The molecule has 0 aromatic carbocycles. The van der Waals surface area contributed by atoms with E-state index in [0.29, 0.717) is 29.4 Å². The number of furan rings is 1. The number of piperazine rings is 1. The van der Waals surface area contributed by atoms with Crippen molar-refractivity contribution in [2.24, 2.45) is 7.05 Å². The second-order valence-corrected chi connectivity index (χ2v) is 8.11. The summed E-state index contributed by atoms with van der Waals surface area (Å²) in [7, 11) is 3.87. The number of carbonyl (C=O) groups is 1. The molecule has 3 aromatic rings. The Morgan fingerprint density at radius 1 is 1.30 bits per heavy atom. The van der Waals surface area contributed by atoms with Crippen LogP contribution in [0.15, 0.2) is 39.8 Å².